The third-order valence-electron chi connectivity index (χ3n) is 5.88. The van der Waals surface area contributed by atoms with E-state index in [1.807, 2.05) is 4.90 Å². The van der Waals surface area contributed by atoms with Gasteiger partial charge in [-0.1, -0.05) is 0 Å². The van der Waals surface area contributed by atoms with Crippen LogP contribution in [0.2, 0.25) is 0 Å². The zero-order valence-corrected chi connectivity index (χ0v) is 17.8. The van der Waals surface area contributed by atoms with Crippen LogP contribution in [0, 0.1) is 0 Å². The smallest absolute Gasteiger partial charge is 0.457 e. The van der Waals surface area contributed by atoms with Crippen LogP contribution < -0.4 is 9.80 Å². The number of aromatic amines is 1. The summed E-state index contributed by atoms with van der Waals surface area (Å²) in [7, 11) is 0. The molecule has 1 fully saturated rings. The largest absolute Gasteiger partial charge is 0.490 e. The number of pyridine rings is 1. The molecule has 2 aliphatic heterocycles. The number of nitrogens with one attached hydrogen (secondary N) is 1. The van der Waals surface area contributed by atoms with E-state index in [1.54, 1.807) is 23.1 Å². The molecule has 0 radical (unpaired) electrons. The Morgan fingerprint density at radius 3 is 2.94 bits per heavy atom. The lowest BCUT2D eigenvalue weighted by Crippen LogP contribution is -2.44. The summed E-state index contributed by atoms with van der Waals surface area (Å²) in [6.45, 7) is 4.20. The molecule has 5 heterocycles. The highest BCUT2D eigenvalue weighted by Gasteiger charge is 2.41. The van der Waals surface area contributed by atoms with E-state index in [1.165, 1.54) is 0 Å². The molecule has 0 aromatic carbocycles. The number of nitrogens with zero attached hydrogens (tertiary/aromatic N) is 6. The van der Waals surface area contributed by atoms with Crippen LogP contribution in [0.15, 0.2) is 18.5 Å². The minimum atomic E-state index is -5.01. The molecule has 3 aromatic rings. The Hall–Kier alpha value is -3.35. The molecule has 13 heteroatoms. The summed E-state index contributed by atoms with van der Waals surface area (Å²) in [5, 5.41) is 12.2. The Morgan fingerprint density at radius 1 is 1.36 bits per heavy atom. The summed E-state index contributed by atoms with van der Waals surface area (Å²) in [6, 6.07) is 1.88. The molecule has 1 N–H and O–H groups in total. The van der Waals surface area contributed by atoms with Gasteiger partial charge >= 0.3 is 12.1 Å². The standard InChI is InChI=1S/C20H22F3N7O3/c1-12-11-32-8-7-29(12)17-13-3-5-28(6-9-33-19(31)20(21,22)23)16(13)14-10-25-30(18(14)26-17)15-2-4-24-27-15/h2,4,10,12H,3,5-9,11H2,1H3,(H,24,27)/t12-/m1/s1. The average molecular weight is 465 g/mol. The number of anilines is 2. The molecule has 0 amide bonds. The number of hydrogen-bond donors (Lipinski definition) is 1. The van der Waals surface area contributed by atoms with E-state index in [9.17, 15) is 18.0 Å². The maximum absolute atomic E-state index is 12.5. The number of carbonyl (C=O) groups is 1. The minimum Gasteiger partial charge on any atom is -0.457 e. The lowest BCUT2D eigenvalue weighted by molar-refractivity contribution is -0.199. The third kappa shape index (κ3) is 3.86. The number of ether oxygens (including phenoxy) is 2. The molecule has 10 nitrogen and oxygen atoms in total. The minimum absolute atomic E-state index is 0.108. The predicted octanol–water partition coefficient (Wildman–Crippen LogP) is 1.84. The summed E-state index contributed by atoms with van der Waals surface area (Å²) >= 11 is 0. The van der Waals surface area contributed by atoms with E-state index in [4.69, 9.17) is 9.72 Å². The van der Waals surface area contributed by atoms with Gasteiger partial charge in [-0.25, -0.2) is 9.78 Å². The lowest BCUT2D eigenvalue weighted by Gasteiger charge is -2.35. The highest BCUT2D eigenvalue weighted by atomic mass is 19.4. The van der Waals surface area contributed by atoms with Crippen molar-refractivity contribution in [2.45, 2.75) is 25.6 Å². The molecular formula is C20H22F3N7O3. The summed E-state index contributed by atoms with van der Waals surface area (Å²) in [4.78, 5) is 20.2. The summed E-state index contributed by atoms with van der Waals surface area (Å²) in [6.07, 6.45) is -0.978. The molecule has 0 spiro atoms. The molecule has 2 aliphatic rings. The van der Waals surface area contributed by atoms with E-state index in [2.05, 4.69) is 31.9 Å². The van der Waals surface area contributed by atoms with Crippen LogP contribution in [-0.2, 0) is 20.7 Å². The van der Waals surface area contributed by atoms with Crippen molar-refractivity contribution in [3.8, 4) is 5.82 Å². The Morgan fingerprint density at radius 2 is 2.21 bits per heavy atom. The number of morpholine rings is 1. The molecular weight excluding hydrogens is 443 g/mol. The van der Waals surface area contributed by atoms with E-state index in [0.717, 1.165) is 22.5 Å². The Labute approximate surface area is 186 Å². The van der Waals surface area contributed by atoms with Crippen LogP contribution in [0.5, 0.6) is 0 Å². The fourth-order valence-corrected chi connectivity index (χ4v) is 4.37. The molecule has 3 aromatic heterocycles. The zero-order valence-electron chi connectivity index (χ0n) is 17.8. The lowest BCUT2D eigenvalue weighted by atomic mass is 10.1. The van der Waals surface area contributed by atoms with Gasteiger partial charge in [-0.05, 0) is 13.3 Å². The van der Waals surface area contributed by atoms with Crippen molar-refractivity contribution in [3.05, 3.63) is 24.0 Å². The maximum Gasteiger partial charge on any atom is 0.490 e. The average Bonchev–Trinajstić information content (AvgIpc) is 3.52. The SMILES string of the molecule is C[C@@H]1COCCN1c1nc2c(cnn2-c2cc[nH]n2)c2c1CCN2CCOC(=O)C(F)(F)F. The van der Waals surface area contributed by atoms with E-state index >= 15 is 0 Å². The molecule has 0 aliphatic carbocycles. The second-order valence-corrected chi connectivity index (χ2v) is 7.98. The van der Waals surface area contributed by atoms with E-state index in [0.29, 0.717) is 44.2 Å². The van der Waals surface area contributed by atoms with Crippen molar-refractivity contribution in [2.24, 2.45) is 0 Å². The summed E-state index contributed by atoms with van der Waals surface area (Å²) in [5.74, 6) is -0.807. The number of H-pyrrole nitrogens is 1. The second-order valence-electron chi connectivity index (χ2n) is 7.98. The van der Waals surface area contributed by atoms with Gasteiger partial charge < -0.3 is 19.3 Å². The molecule has 5 rings (SSSR count). The van der Waals surface area contributed by atoms with Gasteiger partial charge in [0, 0.05) is 30.9 Å². The van der Waals surface area contributed by atoms with Crippen LogP contribution in [0.25, 0.3) is 16.9 Å². The summed E-state index contributed by atoms with van der Waals surface area (Å²) in [5.41, 5.74) is 2.44. The zero-order chi connectivity index (χ0) is 23.2. The molecule has 176 valence electrons. The highest BCUT2D eigenvalue weighted by molar-refractivity contribution is 5.96. The van der Waals surface area contributed by atoms with Crippen LogP contribution in [0.4, 0.5) is 24.7 Å². The van der Waals surface area contributed by atoms with Crippen LogP contribution in [0.3, 0.4) is 0 Å². The van der Waals surface area contributed by atoms with Crippen molar-refractivity contribution in [1.82, 2.24) is 25.0 Å². The number of hydrogen-bond acceptors (Lipinski definition) is 8. The summed E-state index contributed by atoms with van der Waals surface area (Å²) < 4.78 is 49.1. The Bertz CT molecular complexity index is 1160. The molecule has 0 saturated carbocycles. The Balaban J connectivity index is 1.54. The first kappa shape index (κ1) is 21.5. The number of rotatable bonds is 5. The molecule has 1 atom stereocenters. The van der Waals surface area contributed by atoms with Gasteiger partial charge in [0.15, 0.2) is 11.5 Å². The number of halogens is 3. The van der Waals surface area contributed by atoms with Crippen molar-refractivity contribution in [2.75, 3.05) is 49.3 Å². The topological polar surface area (TPSA) is 101 Å². The van der Waals surface area contributed by atoms with Crippen molar-refractivity contribution in [1.29, 1.82) is 0 Å². The second kappa shape index (κ2) is 8.21. The molecule has 0 unspecified atom stereocenters. The van der Waals surface area contributed by atoms with Crippen molar-refractivity contribution >= 4 is 28.5 Å². The van der Waals surface area contributed by atoms with Crippen molar-refractivity contribution in [3.63, 3.8) is 0 Å². The van der Waals surface area contributed by atoms with Gasteiger partial charge in [0.25, 0.3) is 0 Å². The van der Waals surface area contributed by atoms with Gasteiger partial charge in [-0.3, -0.25) is 5.10 Å². The normalized spacial score (nSPS) is 18.7. The van der Waals surface area contributed by atoms with E-state index in [-0.39, 0.29) is 19.2 Å². The number of aromatic nitrogens is 5. The number of esters is 1. The first-order chi connectivity index (χ1) is 15.8. The maximum atomic E-state index is 12.5. The fraction of sp³-hybridized carbons (Fsp3) is 0.500. The first-order valence-electron chi connectivity index (χ1n) is 10.6. The van der Waals surface area contributed by atoms with Crippen molar-refractivity contribution < 1.29 is 27.4 Å². The predicted molar refractivity (Wildman–Crippen MR) is 112 cm³/mol. The number of alkyl halides is 3. The van der Waals surface area contributed by atoms with Gasteiger partial charge in [0.05, 0.1) is 43.1 Å². The van der Waals surface area contributed by atoms with Gasteiger partial charge in [0.1, 0.15) is 12.4 Å². The van der Waals surface area contributed by atoms with Crippen LogP contribution in [0.1, 0.15) is 12.5 Å². The molecule has 1 saturated heterocycles. The third-order valence-corrected chi connectivity index (χ3v) is 5.88. The number of fused-ring (bicyclic) bond motifs is 3. The molecule has 33 heavy (non-hydrogen) atoms. The Kier molecular flexibility index (Phi) is 5.35. The van der Waals surface area contributed by atoms with Gasteiger partial charge in [0.2, 0.25) is 0 Å². The van der Waals surface area contributed by atoms with Crippen LogP contribution in [-0.4, -0.2) is 82.6 Å². The highest BCUT2D eigenvalue weighted by Crippen LogP contribution is 2.41. The monoisotopic (exact) mass is 465 g/mol. The van der Waals surface area contributed by atoms with Gasteiger partial charge in [-0.2, -0.15) is 28.1 Å². The fourth-order valence-electron chi connectivity index (χ4n) is 4.37. The first-order valence-corrected chi connectivity index (χ1v) is 10.6. The van der Waals surface area contributed by atoms with E-state index < -0.39 is 12.1 Å². The quantitative estimate of drug-likeness (QED) is 0.570. The molecule has 0 bridgehead atoms. The number of carbonyl (C=O) groups excluding carboxylic acids is 1. The van der Waals surface area contributed by atoms with Gasteiger partial charge in [-0.15, -0.1) is 0 Å². The van der Waals surface area contributed by atoms with Crippen LogP contribution >= 0.6 is 0 Å².